The maximum Gasteiger partial charge on any atom is 0.251 e. The van der Waals surface area contributed by atoms with Crippen molar-refractivity contribution < 1.29 is 23.7 Å². The smallest absolute Gasteiger partial charge is 0.251 e. The second kappa shape index (κ2) is 15.0. The number of benzene rings is 2. The molecule has 0 radical (unpaired) electrons. The highest BCUT2D eigenvalue weighted by Gasteiger charge is 2.21. The first kappa shape index (κ1) is 29.0. The highest BCUT2D eigenvalue weighted by atomic mass is 16.5. The van der Waals surface area contributed by atoms with E-state index >= 15 is 0 Å². The van der Waals surface area contributed by atoms with Crippen molar-refractivity contribution in [2.75, 3.05) is 19.8 Å². The molecule has 0 aliphatic heterocycles. The van der Waals surface area contributed by atoms with Crippen LogP contribution < -0.4 is 20.5 Å². The van der Waals surface area contributed by atoms with Crippen molar-refractivity contribution in [3.63, 3.8) is 0 Å². The standard InChI is InChI=1S/C29H40N4O5/c1-3-35-27(31)7-5-6-16-37-25-17-21(29(34)33-23-12-10-22(30)11-13-23)18-26(19-25)38-24-14-8-20(9-15-24)28(32)36-4-2/h8-9,14-15,17-19,22-23,31-32H,3-7,10-13,16,30H2,1-2H3,(H,33,34). The molecule has 1 amide bonds. The van der Waals surface area contributed by atoms with Crippen LogP contribution in [-0.2, 0) is 9.47 Å². The highest BCUT2D eigenvalue weighted by Crippen LogP contribution is 2.29. The van der Waals surface area contributed by atoms with Crippen LogP contribution >= 0.6 is 0 Å². The minimum absolute atomic E-state index is 0.102. The Labute approximate surface area is 225 Å². The number of amides is 1. The van der Waals surface area contributed by atoms with Gasteiger partial charge in [0.1, 0.15) is 17.2 Å². The molecular formula is C29H40N4O5. The van der Waals surface area contributed by atoms with E-state index in [9.17, 15) is 4.79 Å². The molecule has 1 saturated carbocycles. The number of ether oxygens (including phenoxy) is 4. The molecule has 0 unspecified atom stereocenters. The molecule has 1 fully saturated rings. The van der Waals surface area contributed by atoms with Crippen molar-refractivity contribution in [3.05, 3.63) is 53.6 Å². The van der Waals surface area contributed by atoms with Crippen LogP contribution in [0.15, 0.2) is 42.5 Å². The summed E-state index contributed by atoms with van der Waals surface area (Å²) in [5.41, 5.74) is 7.12. The van der Waals surface area contributed by atoms with Crippen LogP contribution in [0.3, 0.4) is 0 Å². The van der Waals surface area contributed by atoms with E-state index in [1.54, 1.807) is 42.5 Å². The summed E-state index contributed by atoms with van der Waals surface area (Å²) >= 11 is 0. The fourth-order valence-corrected chi connectivity index (χ4v) is 4.24. The largest absolute Gasteiger partial charge is 0.493 e. The predicted octanol–water partition coefficient (Wildman–Crippen LogP) is 5.40. The molecule has 1 aliphatic carbocycles. The average Bonchev–Trinajstić information content (AvgIpc) is 2.90. The molecule has 0 atom stereocenters. The van der Waals surface area contributed by atoms with Gasteiger partial charge < -0.3 is 30.0 Å². The molecule has 9 nitrogen and oxygen atoms in total. The quantitative estimate of drug-likeness (QED) is 0.157. The molecule has 5 N–H and O–H groups in total. The number of carbonyl (C=O) groups is 1. The third kappa shape index (κ3) is 9.37. The van der Waals surface area contributed by atoms with Gasteiger partial charge in [-0.1, -0.05) is 0 Å². The molecule has 38 heavy (non-hydrogen) atoms. The van der Waals surface area contributed by atoms with E-state index < -0.39 is 0 Å². The predicted molar refractivity (Wildman–Crippen MR) is 148 cm³/mol. The Morgan fingerprint density at radius 3 is 2.26 bits per heavy atom. The molecule has 1 aliphatic rings. The van der Waals surface area contributed by atoms with E-state index in [1.165, 1.54) is 0 Å². The Kier molecular flexibility index (Phi) is 11.4. The number of nitrogens with one attached hydrogen (secondary N) is 3. The first-order valence-electron chi connectivity index (χ1n) is 13.4. The monoisotopic (exact) mass is 524 g/mol. The van der Waals surface area contributed by atoms with Gasteiger partial charge in [0.05, 0.1) is 19.8 Å². The lowest BCUT2D eigenvalue weighted by molar-refractivity contribution is 0.0925. The second-order valence-electron chi connectivity index (χ2n) is 9.33. The summed E-state index contributed by atoms with van der Waals surface area (Å²) in [7, 11) is 0. The second-order valence-corrected chi connectivity index (χ2v) is 9.33. The first-order chi connectivity index (χ1) is 18.4. The summed E-state index contributed by atoms with van der Waals surface area (Å²) < 4.78 is 22.5. The summed E-state index contributed by atoms with van der Waals surface area (Å²) in [6.07, 6.45) is 5.63. The minimum Gasteiger partial charge on any atom is -0.493 e. The van der Waals surface area contributed by atoms with Crippen molar-refractivity contribution in [2.24, 2.45) is 5.73 Å². The zero-order valence-corrected chi connectivity index (χ0v) is 22.4. The topological polar surface area (TPSA) is 140 Å². The Hall–Kier alpha value is -3.59. The molecule has 0 saturated heterocycles. The summed E-state index contributed by atoms with van der Waals surface area (Å²) in [4.78, 5) is 13.1. The fourth-order valence-electron chi connectivity index (χ4n) is 4.24. The zero-order chi connectivity index (χ0) is 27.3. The Morgan fingerprint density at radius 2 is 1.58 bits per heavy atom. The normalized spacial score (nSPS) is 16.8. The van der Waals surface area contributed by atoms with E-state index in [4.69, 9.17) is 35.5 Å². The van der Waals surface area contributed by atoms with Crippen molar-refractivity contribution in [2.45, 2.75) is 70.9 Å². The molecule has 2 aromatic carbocycles. The van der Waals surface area contributed by atoms with Gasteiger partial charge in [0.2, 0.25) is 5.90 Å². The number of carbonyl (C=O) groups excluding carboxylic acids is 1. The van der Waals surface area contributed by atoms with Gasteiger partial charge in [-0.25, -0.2) is 0 Å². The molecule has 2 aromatic rings. The number of rotatable bonds is 13. The lowest BCUT2D eigenvalue weighted by Crippen LogP contribution is -2.40. The van der Waals surface area contributed by atoms with Crippen LogP contribution in [0.1, 0.15) is 74.7 Å². The van der Waals surface area contributed by atoms with Crippen LogP contribution in [0.2, 0.25) is 0 Å². The van der Waals surface area contributed by atoms with Crippen LogP contribution in [0, 0.1) is 10.8 Å². The average molecular weight is 525 g/mol. The summed E-state index contributed by atoms with van der Waals surface area (Å²) in [5, 5.41) is 18.8. The lowest BCUT2D eigenvalue weighted by atomic mass is 9.91. The molecule has 0 bridgehead atoms. The van der Waals surface area contributed by atoms with Crippen molar-refractivity contribution >= 4 is 17.7 Å². The summed E-state index contributed by atoms with van der Waals surface area (Å²) in [6.45, 7) is 5.07. The molecule has 9 heteroatoms. The van der Waals surface area contributed by atoms with Crippen molar-refractivity contribution in [1.29, 1.82) is 10.8 Å². The van der Waals surface area contributed by atoms with Crippen molar-refractivity contribution in [3.8, 4) is 17.2 Å². The third-order valence-corrected chi connectivity index (χ3v) is 6.28. The molecule has 206 valence electrons. The van der Waals surface area contributed by atoms with Gasteiger partial charge in [0.25, 0.3) is 5.91 Å². The van der Waals surface area contributed by atoms with Gasteiger partial charge in [0.15, 0.2) is 5.90 Å². The first-order valence-corrected chi connectivity index (χ1v) is 13.4. The van der Waals surface area contributed by atoms with Gasteiger partial charge in [-0.15, -0.1) is 0 Å². The van der Waals surface area contributed by atoms with Crippen LogP contribution in [0.4, 0.5) is 0 Å². The Balaban J connectivity index is 1.69. The van der Waals surface area contributed by atoms with E-state index in [0.29, 0.717) is 54.6 Å². The van der Waals surface area contributed by atoms with E-state index in [2.05, 4.69) is 5.32 Å². The molecular weight excluding hydrogens is 484 g/mol. The van der Waals surface area contributed by atoms with E-state index in [1.807, 2.05) is 13.8 Å². The van der Waals surface area contributed by atoms with Gasteiger partial charge in [0, 0.05) is 35.7 Å². The summed E-state index contributed by atoms with van der Waals surface area (Å²) in [6, 6.07) is 12.5. The van der Waals surface area contributed by atoms with Crippen LogP contribution in [0.25, 0.3) is 0 Å². The maximum atomic E-state index is 13.1. The van der Waals surface area contributed by atoms with E-state index in [0.717, 1.165) is 38.5 Å². The SMILES string of the molecule is CCOC(=N)CCCCOc1cc(Oc2ccc(C(=N)OCC)cc2)cc(C(=O)NC2CCC(N)CC2)c1. The van der Waals surface area contributed by atoms with Crippen LogP contribution in [0.5, 0.6) is 17.2 Å². The highest BCUT2D eigenvalue weighted by molar-refractivity contribution is 5.95. The van der Waals surface area contributed by atoms with Gasteiger partial charge in [-0.3, -0.25) is 15.6 Å². The number of hydrogen-bond acceptors (Lipinski definition) is 8. The number of hydrogen-bond donors (Lipinski definition) is 4. The van der Waals surface area contributed by atoms with E-state index in [-0.39, 0.29) is 29.8 Å². The number of unbranched alkanes of at least 4 members (excludes halogenated alkanes) is 1. The molecule has 3 rings (SSSR count). The Morgan fingerprint density at radius 1 is 0.895 bits per heavy atom. The molecule has 0 heterocycles. The molecule has 0 spiro atoms. The third-order valence-electron chi connectivity index (χ3n) is 6.28. The zero-order valence-electron chi connectivity index (χ0n) is 22.4. The summed E-state index contributed by atoms with van der Waals surface area (Å²) in [5.74, 6) is 1.79. The Bertz CT molecular complexity index is 1070. The molecule has 0 aromatic heterocycles. The lowest BCUT2D eigenvalue weighted by Gasteiger charge is -2.26. The van der Waals surface area contributed by atoms with Crippen molar-refractivity contribution in [1.82, 2.24) is 5.32 Å². The number of nitrogens with two attached hydrogens (primary N) is 1. The van der Waals surface area contributed by atoms with Gasteiger partial charge >= 0.3 is 0 Å². The minimum atomic E-state index is -0.175. The van der Waals surface area contributed by atoms with Gasteiger partial charge in [-0.2, -0.15) is 0 Å². The maximum absolute atomic E-state index is 13.1. The van der Waals surface area contributed by atoms with Gasteiger partial charge in [-0.05, 0) is 88.8 Å². The van der Waals surface area contributed by atoms with Crippen LogP contribution in [-0.4, -0.2) is 49.6 Å². The fraction of sp³-hybridized carbons (Fsp3) is 0.483.